The van der Waals surface area contributed by atoms with Crippen LogP contribution in [0.1, 0.15) is 32.1 Å². The minimum Gasteiger partial charge on any atom is -0.353 e. The fourth-order valence-corrected chi connectivity index (χ4v) is 2.75. The van der Waals surface area contributed by atoms with E-state index in [-0.39, 0.29) is 12.5 Å². The van der Waals surface area contributed by atoms with Crippen LogP contribution in [0, 0.1) is 5.41 Å². The minimum atomic E-state index is -4.67. The first-order chi connectivity index (χ1) is 7.44. The number of rotatable bonds is 1. The van der Waals surface area contributed by atoms with Gasteiger partial charge in [-0.2, -0.15) is 0 Å². The smallest absolute Gasteiger partial charge is 0.353 e. The molecule has 1 aliphatic carbocycles. The van der Waals surface area contributed by atoms with Gasteiger partial charge in [0.05, 0.1) is 11.5 Å². The second kappa shape index (κ2) is 3.91. The molecule has 1 heterocycles. The van der Waals surface area contributed by atoms with Crippen molar-refractivity contribution >= 4 is 5.91 Å². The summed E-state index contributed by atoms with van der Waals surface area (Å²) in [5.41, 5.74) is -0.937. The van der Waals surface area contributed by atoms with Crippen molar-refractivity contribution in [2.24, 2.45) is 5.41 Å². The summed E-state index contributed by atoms with van der Waals surface area (Å²) in [6.07, 6.45) is -2.15. The van der Waals surface area contributed by atoms with Crippen LogP contribution in [0.15, 0.2) is 0 Å². The molecule has 1 spiro atoms. The van der Waals surface area contributed by atoms with Crippen LogP contribution in [0.5, 0.6) is 0 Å². The molecular formula is C10H14F3NO2. The van der Waals surface area contributed by atoms with Gasteiger partial charge >= 0.3 is 6.36 Å². The van der Waals surface area contributed by atoms with Gasteiger partial charge in [-0.05, 0) is 12.8 Å². The lowest BCUT2D eigenvalue weighted by molar-refractivity contribution is -0.350. The summed E-state index contributed by atoms with van der Waals surface area (Å²) in [4.78, 5) is 11.7. The molecule has 0 aromatic rings. The maximum atomic E-state index is 12.2. The molecule has 2 rings (SSSR count). The van der Waals surface area contributed by atoms with Crippen LogP contribution >= 0.6 is 0 Å². The van der Waals surface area contributed by atoms with Crippen molar-refractivity contribution in [3.05, 3.63) is 0 Å². The Kier molecular flexibility index (Phi) is 2.86. The quantitative estimate of drug-likeness (QED) is 0.757. The van der Waals surface area contributed by atoms with Crippen LogP contribution in [0.25, 0.3) is 0 Å². The minimum absolute atomic E-state index is 0.0294. The molecule has 0 aromatic heterocycles. The lowest BCUT2D eigenvalue weighted by Crippen LogP contribution is -2.43. The van der Waals surface area contributed by atoms with E-state index in [0.717, 1.165) is 19.3 Å². The molecule has 1 saturated carbocycles. The van der Waals surface area contributed by atoms with Gasteiger partial charge in [-0.1, -0.05) is 19.3 Å². The molecule has 16 heavy (non-hydrogen) atoms. The normalized spacial score (nSPS) is 29.4. The second-order valence-electron chi connectivity index (χ2n) is 4.48. The third kappa shape index (κ3) is 2.03. The van der Waals surface area contributed by atoms with E-state index in [9.17, 15) is 18.0 Å². The highest BCUT2D eigenvalue weighted by Crippen LogP contribution is 2.44. The van der Waals surface area contributed by atoms with Gasteiger partial charge in [0.25, 0.3) is 0 Å². The second-order valence-corrected chi connectivity index (χ2v) is 4.48. The van der Waals surface area contributed by atoms with E-state index in [1.54, 1.807) is 0 Å². The first-order valence-electron chi connectivity index (χ1n) is 5.47. The average Bonchev–Trinajstić information content (AvgIpc) is 2.47. The molecule has 6 heteroatoms. The molecule has 0 aromatic carbocycles. The fourth-order valence-electron chi connectivity index (χ4n) is 2.75. The molecule has 1 amide bonds. The number of carbonyl (C=O) groups is 1. The Morgan fingerprint density at radius 1 is 1.25 bits per heavy atom. The van der Waals surface area contributed by atoms with Gasteiger partial charge in [-0.15, -0.1) is 13.2 Å². The summed E-state index contributed by atoms with van der Waals surface area (Å²) in [6, 6.07) is 0. The van der Waals surface area contributed by atoms with Gasteiger partial charge in [-0.25, -0.2) is 0 Å². The zero-order chi connectivity index (χ0) is 11.8. The van der Waals surface area contributed by atoms with Gasteiger partial charge in [0.2, 0.25) is 5.91 Å². The molecule has 1 unspecified atom stereocenters. The number of ether oxygens (including phenoxy) is 1. The van der Waals surface area contributed by atoms with Crippen LogP contribution in [0.2, 0.25) is 0 Å². The lowest BCUT2D eigenvalue weighted by Gasteiger charge is -2.35. The predicted octanol–water partition coefficient (Wildman–Crippen LogP) is 1.97. The Morgan fingerprint density at radius 2 is 1.88 bits per heavy atom. The zero-order valence-electron chi connectivity index (χ0n) is 8.77. The van der Waals surface area contributed by atoms with E-state index in [4.69, 9.17) is 0 Å². The average molecular weight is 237 g/mol. The maximum Gasteiger partial charge on any atom is 0.522 e. The number of hydrogen-bond donors (Lipinski definition) is 1. The largest absolute Gasteiger partial charge is 0.522 e. The monoisotopic (exact) mass is 237 g/mol. The molecule has 2 aliphatic rings. The molecule has 1 saturated heterocycles. The van der Waals surface area contributed by atoms with Crippen LogP contribution in [0.3, 0.4) is 0 Å². The molecule has 0 bridgehead atoms. The Morgan fingerprint density at radius 3 is 2.44 bits per heavy atom. The number of hydrogen-bond acceptors (Lipinski definition) is 2. The summed E-state index contributed by atoms with van der Waals surface area (Å²) in [5.74, 6) is -0.276. The van der Waals surface area contributed by atoms with Crippen molar-refractivity contribution in [2.75, 3.05) is 6.54 Å². The highest BCUT2D eigenvalue weighted by atomic mass is 19.4. The van der Waals surface area contributed by atoms with Crippen LogP contribution in [-0.4, -0.2) is 24.9 Å². The van der Waals surface area contributed by atoms with Crippen LogP contribution in [-0.2, 0) is 9.53 Å². The van der Waals surface area contributed by atoms with Gasteiger partial charge in [0, 0.05) is 6.54 Å². The fraction of sp³-hybridized carbons (Fsp3) is 0.900. The Bertz CT molecular complexity index is 284. The SMILES string of the molecule is O=C1NCC(OC(F)(F)F)C12CCCCC2. The van der Waals surface area contributed by atoms with Gasteiger partial charge < -0.3 is 5.32 Å². The topological polar surface area (TPSA) is 38.3 Å². The van der Waals surface area contributed by atoms with E-state index < -0.39 is 17.9 Å². The van der Waals surface area contributed by atoms with Crippen molar-refractivity contribution in [2.45, 2.75) is 44.6 Å². The number of nitrogens with one attached hydrogen (secondary N) is 1. The summed E-state index contributed by atoms with van der Waals surface area (Å²) < 4.78 is 40.7. The summed E-state index contributed by atoms with van der Waals surface area (Å²) in [7, 11) is 0. The number of amides is 1. The van der Waals surface area contributed by atoms with Crippen LogP contribution < -0.4 is 5.32 Å². The highest BCUT2D eigenvalue weighted by Gasteiger charge is 2.54. The molecule has 1 aliphatic heterocycles. The highest BCUT2D eigenvalue weighted by molar-refractivity contribution is 5.85. The van der Waals surface area contributed by atoms with Crippen molar-refractivity contribution in [1.29, 1.82) is 0 Å². The van der Waals surface area contributed by atoms with E-state index in [1.165, 1.54) is 0 Å². The number of halogens is 3. The number of carbonyl (C=O) groups excluding carboxylic acids is 1. The Labute approximate surface area is 91.3 Å². The first-order valence-corrected chi connectivity index (χ1v) is 5.47. The Balaban J connectivity index is 2.15. The summed E-state index contributed by atoms with van der Waals surface area (Å²) >= 11 is 0. The van der Waals surface area contributed by atoms with E-state index in [1.807, 2.05) is 0 Å². The molecule has 0 radical (unpaired) electrons. The summed E-state index contributed by atoms with van der Waals surface area (Å²) in [6.45, 7) is -0.0294. The van der Waals surface area contributed by atoms with E-state index in [0.29, 0.717) is 12.8 Å². The van der Waals surface area contributed by atoms with Crippen molar-refractivity contribution < 1.29 is 22.7 Å². The molecule has 1 atom stereocenters. The van der Waals surface area contributed by atoms with Gasteiger partial charge in [0.1, 0.15) is 0 Å². The third-order valence-electron chi connectivity index (χ3n) is 3.54. The van der Waals surface area contributed by atoms with Crippen LogP contribution in [0.4, 0.5) is 13.2 Å². The predicted molar refractivity (Wildman–Crippen MR) is 49.5 cm³/mol. The van der Waals surface area contributed by atoms with Crippen molar-refractivity contribution in [1.82, 2.24) is 5.32 Å². The van der Waals surface area contributed by atoms with Gasteiger partial charge in [0.15, 0.2) is 0 Å². The maximum absolute atomic E-state index is 12.2. The molecule has 92 valence electrons. The van der Waals surface area contributed by atoms with Gasteiger partial charge in [-0.3, -0.25) is 9.53 Å². The molecule has 2 fully saturated rings. The number of alkyl halides is 3. The third-order valence-corrected chi connectivity index (χ3v) is 3.54. The Hall–Kier alpha value is -0.780. The lowest BCUT2D eigenvalue weighted by atomic mass is 9.71. The zero-order valence-corrected chi connectivity index (χ0v) is 8.77. The van der Waals surface area contributed by atoms with Crippen molar-refractivity contribution in [3.63, 3.8) is 0 Å². The first kappa shape index (κ1) is 11.7. The standard InChI is InChI=1S/C10H14F3NO2/c11-10(12,13)16-7-6-14-8(15)9(7)4-2-1-3-5-9/h7H,1-6H2,(H,14,15). The summed E-state index contributed by atoms with van der Waals surface area (Å²) in [5, 5.41) is 2.49. The molecular weight excluding hydrogens is 223 g/mol. The van der Waals surface area contributed by atoms with E-state index in [2.05, 4.69) is 10.1 Å². The van der Waals surface area contributed by atoms with Crippen molar-refractivity contribution in [3.8, 4) is 0 Å². The molecule has 1 N–H and O–H groups in total. The molecule has 3 nitrogen and oxygen atoms in total. The van der Waals surface area contributed by atoms with E-state index >= 15 is 0 Å².